The van der Waals surface area contributed by atoms with E-state index in [4.69, 9.17) is 4.74 Å². The number of nitrogens with one attached hydrogen (secondary N) is 2. The number of hydrogen-bond donors (Lipinski definition) is 2. The molecule has 1 aromatic rings. The molecule has 23 heavy (non-hydrogen) atoms. The molecule has 4 nitrogen and oxygen atoms in total. The highest BCUT2D eigenvalue weighted by Crippen LogP contribution is 2.23. The molecule has 0 aliphatic heterocycles. The molecule has 2 N–H and O–H groups in total. The van der Waals surface area contributed by atoms with Gasteiger partial charge >= 0.3 is 0 Å². The molecule has 1 aliphatic carbocycles. The fraction of sp³-hybridized carbons (Fsp3) is 0.611. The quantitative estimate of drug-likeness (QED) is 0.405. The van der Waals surface area contributed by atoms with Gasteiger partial charge in [0.05, 0.1) is 12.6 Å². The molecule has 0 unspecified atom stereocenters. The van der Waals surface area contributed by atoms with Crippen LogP contribution in [0.2, 0.25) is 0 Å². The van der Waals surface area contributed by atoms with Crippen LogP contribution in [0.25, 0.3) is 0 Å². The molecule has 0 bridgehead atoms. The molecule has 0 spiro atoms. The van der Waals surface area contributed by atoms with Crippen molar-refractivity contribution in [2.75, 3.05) is 13.1 Å². The van der Waals surface area contributed by atoms with Crippen molar-refractivity contribution >= 4 is 29.9 Å². The molecule has 0 aromatic heterocycles. The molecule has 0 heterocycles. The summed E-state index contributed by atoms with van der Waals surface area (Å²) in [7, 11) is 0. The second-order valence-electron chi connectivity index (χ2n) is 5.75. The van der Waals surface area contributed by atoms with Crippen LogP contribution < -0.4 is 15.4 Å². The van der Waals surface area contributed by atoms with E-state index < -0.39 is 0 Å². The lowest BCUT2D eigenvalue weighted by molar-refractivity contribution is 0.155. The average molecular weight is 431 g/mol. The van der Waals surface area contributed by atoms with E-state index in [0.717, 1.165) is 24.8 Å². The van der Waals surface area contributed by atoms with Gasteiger partial charge in [0.1, 0.15) is 5.75 Å². The molecule has 0 atom stereocenters. The van der Waals surface area contributed by atoms with E-state index in [9.17, 15) is 0 Å². The molecule has 2 rings (SSSR count). The maximum Gasteiger partial charge on any atom is 0.191 e. The van der Waals surface area contributed by atoms with Crippen LogP contribution in [0.3, 0.4) is 0 Å². The third-order valence-electron chi connectivity index (χ3n) is 3.89. The number of rotatable bonds is 6. The summed E-state index contributed by atoms with van der Waals surface area (Å²) in [5.74, 6) is 1.85. The van der Waals surface area contributed by atoms with Gasteiger partial charge in [0.25, 0.3) is 0 Å². The number of ether oxygens (including phenoxy) is 1. The van der Waals surface area contributed by atoms with Crippen LogP contribution in [0.4, 0.5) is 0 Å². The van der Waals surface area contributed by atoms with Crippen LogP contribution in [0.1, 0.15) is 51.5 Å². The molecule has 0 amide bonds. The van der Waals surface area contributed by atoms with Crippen molar-refractivity contribution in [3.63, 3.8) is 0 Å². The van der Waals surface area contributed by atoms with Crippen LogP contribution in [-0.4, -0.2) is 25.2 Å². The first-order valence-electron chi connectivity index (χ1n) is 8.59. The fourth-order valence-corrected chi connectivity index (χ4v) is 2.73. The van der Waals surface area contributed by atoms with Crippen molar-refractivity contribution in [2.24, 2.45) is 4.99 Å². The number of hydrogen-bond acceptors (Lipinski definition) is 2. The second-order valence-corrected chi connectivity index (χ2v) is 5.75. The Bertz CT molecular complexity index is 448. The summed E-state index contributed by atoms with van der Waals surface area (Å²) in [6, 6.07) is 8.35. The number of aliphatic imine (C=N–C) groups is 1. The second kappa shape index (κ2) is 11.5. The van der Waals surface area contributed by atoms with Gasteiger partial charge in [0, 0.05) is 13.1 Å². The third-order valence-corrected chi connectivity index (χ3v) is 3.89. The Kier molecular flexibility index (Phi) is 10.1. The SMILES string of the molecule is CCNC(=NCc1ccc(OC2CCCCC2)cc1)NCC.I. The van der Waals surface area contributed by atoms with Gasteiger partial charge in [0.15, 0.2) is 5.96 Å². The smallest absolute Gasteiger partial charge is 0.191 e. The molecular weight excluding hydrogens is 401 g/mol. The Labute approximate surface area is 157 Å². The van der Waals surface area contributed by atoms with Gasteiger partial charge < -0.3 is 15.4 Å². The molecule has 1 saturated carbocycles. The zero-order valence-electron chi connectivity index (χ0n) is 14.3. The van der Waals surface area contributed by atoms with E-state index in [1.165, 1.54) is 37.7 Å². The minimum Gasteiger partial charge on any atom is -0.490 e. The van der Waals surface area contributed by atoms with Crippen LogP contribution in [0.5, 0.6) is 5.75 Å². The lowest BCUT2D eigenvalue weighted by Gasteiger charge is -2.23. The Morgan fingerprint density at radius 1 is 1.04 bits per heavy atom. The Balaban J connectivity index is 0.00000264. The summed E-state index contributed by atoms with van der Waals surface area (Å²) in [6.45, 7) is 6.58. The van der Waals surface area contributed by atoms with Crippen LogP contribution >= 0.6 is 24.0 Å². The largest absolute Gasteiger partial charge is 0.490 e. The number of nitrogens with zero attached hydrogens (tertiary/aromatic N) is 1. The van der Waals surface area contributed by atoms with Gasteiger partial charge in [-0.3, -0.25) is 0 Å². The summed E-state index contributed by atoms with van der Waals surface area (Å²) < 4.78 is 6.05. The molecule has 130 valence electrons. The van der Waals surface area contributed by atoms with Crippen molar-refractivity contribution < 1.29 is 4.74 Å². The maximum absolute atomic E-state index is 6.05. The summed E-state index contributed by atoms with van der Waals surface area (Å²) in [5, 5.41) is 6.47. The van der Waals surface area contributed by atoms with Crippen molar-refractivity contribution in [1.29, 1.82) is 0 Å². The zero-order valence-corrected chi connectivity index (χ0v) is 16.6. The highest BCUT2D eigenvalue weighted by molar-refractivity contribution is 14.0. The number of guanidine groups is 1. The van der Waals surface area contributed by atoms with E-state index >= 15 is 0 Å². The highest BCUT2D eigenvalue weighted by Gasteiger charge is 2.14. The number of halogens is 1. The molecule has 1 fully saturated rings. The first kappa shape index (κ1) is 20.1. The first-order valence-corrected chi connectivity index (χ1v) is 8.59. The minimum absolute atomic E-state index is 0. The average Bonchev–Trinajstić information content (AvgIpc) is 2.55. The Morgan fingerprint density at radius 3 is 2.22 bits per heavy atom. The Hall–Kier alpha value is -0.980. The van der Waals surface area contributed by atoms with Gasteiger partial charge in [-0.1, -0.05) is 18.6 Å². The summed E-state index contributed by atoms with van der Waals surface area (Å²) >= 11 is 0. The molecule has 5 heteroatoms. The normalized spacial score (nSPS) is 14.5. The fourth-order valence-electron chi connectivity index (χ4n) is 2.73. The van der Waals surface area contributed by atoms with E-state index in [-0.39, 0.29) is 24.0 Å². The first-order chi connectivity index (χ1) is 10.8. The lowest BCUT2D eigenvalue weighted by atomic mass is 9.98. The Morgan fingerprint density at radius 2 is 1.65 bits per heavy atom. The molecule has 0 radical (unpaired) electrons. The highest BCUT2D eigenvalue weighted by atomic mass is 127. The van der Waals surface area contributed by atoms with Crippen molar-refractivity contribution in [3.05, 3.63) is 29.8 Å². The summed E-state index contributed by atoms with van der Waals surface area (Å²) in [5.41, 5.74) is 1.20. The molecular formula is C18H30IN3O. The van der Waals surface area contributed by atoms with Gasteiger partial charge in [-0.05, 0) is 57.2 Å². The lowest BCUT2D eigenvalue weighted by Crippen LogP contribution is -2.36. The maximum atomic E-state index is 6.05. The van der Waals surface area contributed by atoms with Crippen molar-refractivity contribution in [1.82, 2.24) is 10.6 Å². The van der Waals surface area contributed by atoms with Crippen LogP contribution in [0, 0.1) is 0 Å². The standard InChI is InChI=1S/C18H29N3O.HI/c1-3-19-18(20-4-2)21-14-15-10-12-17(13-11-15)22-16-8-6-5-7-9-16;/h10-13,16H,3-9,14H2,1-2H3,(H2,19,20,21);1H. The summed E-state index contributed by atoms with van der Waals surface area (Å²) in [4.78, 5) is 4.57. The third kappa shape index (κ3) is 7.42. The van der Waals surface area contributed by atoms with Crippen molar-refractivity contribution in [3.8, 4) is 5.75 Å². The topological polar surface area (TPSA) is 45.7 Å². The molecule has 1 aliphatic rings. The molecule has 0 saturated heterocycles. The van der Waals surface area contributed by atoms with Crippen molar-refractivity contribution in [2.45, 2.75) is 58.6 Å². The molecule has 1 aromatic carbocycles. The van der Waals surface area contributed by atoms with E-state index in [1.807, 2.05) is 0 Å². The van der Waals surface area contributed by atoms with E-state index in [2.05, 4.69) is 53.7 Å². The minimum atomic E-state index is 0. The zero-order chi connectivity index (χ0) is 15.6. The van der Waals surface area contributed by atoms with Gasteiger partial charge in [-0.15, -0.1) is 24.0 Å². The predicted octanol–water partition coefficient (Wildman–Crippen LogP) is 4.09. The van der Waals surface area contributed by atoms with Crippen LogP contribution in [0.15, 0.2) is 29.3 Å². The van der Waals surface area contributed by atoms with Gasteiger partial charge in [-0.2, -0.15) is 0 Å². The monoisotopic (exact) mass is 431 g/mol. The van der Waals surface area contributed by atoms with E-state index in [1.54, 1.807) is 0 Å². The van der Waals surface area contributed by atoms with Crippen LogP contribution in [-0.2, 0) is 6.54 Å². The van der Waals surface area contributed by atoms with Gasteiger partial charge in [-0.25, -0.2) is 4.99 Å². The predicted molar refractivity (Wildman–Crippen MR) is 108 cm³/mol. The summed E-state index contributed by atoms with van der Waals surface area (Å²) in [6.07, 6.45) is 6.76. The van der Waals surface area contributed by atoms with Gasteiger partial charge in [0.2, 0.25) is 0 Å². The van der Waals surface area contributed by atoms with E-state index in [0.29, 0.717) is 12.6 Å². The number of benzene rings is 1.